The van der Waals surface area contributed by atoms with Gasteiger partial charge in [-0.25, -0.2) is 0 Å². The number of quaternary nitrogens is 1. The summed E-state index contributed by atoms with van der Waals surface area (Å²) in [4.78, 5) is 3.99. The summed E-state index contributed by atoms with van der Waals surface area (Å²) in [6.07, 6.45) is 7.04. The van der Waals surface area contributed by atoms with E-state index in [1.54, 1.807) is 4.90 Å². The third-order valence-corrected chi connectivity index (χ3v) is 2.01. The average Bonchev–Trinajstić information content (AvgIpc) is 2.38. The first kappa shape index (κ1) is 12.0. The minimum atomic E-state index is 0. The van der Waals surface area contributed by atoms with Gasteiger partial charge in [-0.1, -0.05) is 13.8 Å². The summed E-state index contributed by atoms with van der Waals surface area (Å²) < 4.78 is 0. The van der Waals surface area contributed by atoms with Crippen LogP contribution < -0.4 is 21.9 Å². The van der Waals surface area contributed by atoms with Crippen LogP contribution >= 0.6 is 0 Å². The normalized spacial score (nSPS) is 21.2. The smallest absolute Gasteiger partial charge is 0.156 e. The molecule has 72 valence electrons. The Morgan fingerprint density at radius 3 is 2.67 bits per heavy atom. The zero-order valence-electron chi connectivity index (χ0n) is 8.02. The first-order valence-electron chi connectivity index (χ1n) is 4.63. The molecular weight excluding hydrogens is 216 g/mol. The highest BCUT2D eigenvalue weighted by molar-refractivity contribution is 4.77. The molecule has 1 unspecified atom stereocenters. The van der Waals surface area contributed by atoms with Gasteiger partial charge in [-0.05, 0) is 12.8 Å². The van der Waals surface area contributed by atoms with Crippen molar-refractivity contribution < 1.29 is 21.9 Å². The van der Waals surface area contributed by atoms with Crippen LogP contribution in [0.3, 0.4) is 0 Å². The van der Waals surface area contributed by atoms with Crippen LogP contribution in [0.25, 0.3) is 0 Å². The topological polar surface area (TPSA) is 7.68 Å². The maximum atomic E-state index is 2.39. The fraction of sp³-hybridized carbons (Fsp3) is 0.778. The fourth-order valence-corrected chi connectivity index (χ4v) is 1.50. The third-order valence-electron chi connectivity index (χ3n) is 2.01. The van der Waals surface area contributed by atoms with E-state index in [-0.39, 0.29) is 17.0 Å². The predicted molar refractivity (Wildman–Crippen MR) is 47.1 cm³/mol. The van der Waals surface area contributed by atoms with Crippen LogP contribution in [0.5, 0.6) is 0 Å². The molecule has 0 aromatic heterocycles. The summed E-state index contributed by atoms with van der Waals surface area (Å²) in [5.41, 5.74) is 0. The first-order valence-corrected chi connectivity index (χ1v) is 4.63. The van der Waals surface area contributed by atoms with E-state index in [4.69, 9.17) is 0 Å². The Kier molecular flexibility index (Phi) is 6.48. The highest BCUT2D eigenvalue weighted by Gasteiger charge is 2.13. The summed E-state index contributed by atoms with van der Waals surface area (Å²) >= 11 is 0. The maximum absolute atomic E-state index is 2.39. The fourth-order valence-electron chi connectivity index (χ4n) is 1.50. The molecule has 3 heteroatoms. The van der Waals surface area contributed by atoms with Gasteiger partial charge in [0, 0.05) is 6.54 Å². The number of hydrogen-bond donors (Lipinski definition) is 1. The molecule has 0 saturated heterocycles. The number of nitrogens with zero attached hydrogens (tertiary/aromatic N) is 1. The highest BCUT2D eigenvalue weighted by Crippen LogP contribution is 1.91. The molecule has 0 saturated carbocycles. The summed E-state index contributed by atoms with van der Waals surface area (Å²) in [7, 11) is 0. The molecule has 0 aromatic carbocycles. The Bertz CT molecular complexity index is 122. The van der Waals surface area contributed by atoms with E-state index in [1.165, 1.54) is 32.6 Å². The van der Waals surface area contributed by atoms with E-state index in [0.717, 1.165) is 0 Å². The molecule has 0 aliphatic carbocycles. The molecule has 2 nitrogen and oxygen atoms in total. The standard InChI is InChI=1S/C9H18N2.BrH/c1-3-5-10-7-8-11(9-10)6-4-2;/h7-8H,3-6,9H2,1-2H3;1H. The van der Waals surface area contributed by atoms with Gasteiger partial charge in [0.2, 0.25) is 0 Å². The minimum absolute atomic E-state index is 0. The quantitative estimate of drug-likeness (QED) is 0.563. The van der Waals surface area contributed by atoms with Crippen molar-refractivity contribution in [1.82, 2.24) is 4.90 Å². The molecule has 0 spiro atoms. The Labute approximate surface area is 86.0 Å². The first-order chi connectivity index (χ1) is 5.36. The molecule has 0 amide bonds. The highest BCUT2D eigenvalue weighted by atomic mass is 79.9. The van der Waals surface area contributed by atoms with Crippen LogP contribution in [0.2, 0.25) is 0 Å². The Hall–Kier alpha value is -0.0200. The van der Waals surface area contributed by atoms with Crippen molar-refractivity contribution >= 4 is 0 Å². The molecular formula is C9H19BrN2. The number of halogens is 1. The van der Waals surface area contributed by atoms with Crippen molar-refractivity contribution in [2.45, 2.75) is 26.7 Å². The van der Waals surface area contributed by atoms with Gasteiger partial charge in [-0.15, -0.1) is 0 Å². The molecule has 0 aromatic rings. The third kappa shape index (κ3) is 3.59. The van der Waals surface area contributed by atoms with E-state index in [0.29, 0.717) is 0 Å². The van der Waals surface area contributed by atoms with Crippen LogP contribution in [-0.2, 0) is 0 Å². The molecule has 1 N–H and O–H groups in total. The van der Waals surface area contributed by atoms with Crippen LogP contribution in [0.15, 0.2) is 12.4 Å². The van der Waals surface area contributed by atoms with Crippen LogP contribution in [0.4, 0.5) is 0 Å². The van der Waals surface area contributed by atoms with Gasteiger partial charge in [0.25, 0.3) is 0 Å². The zero-order valence-corrected chi connectivity index (χ0v) is 9.60. The van der Waals surface area contributed by atoms with Crippen LogP contribution in [0, 0.1) is 0 Å². The van der Waals surface area contributed by atoms with Gasteiger partial charge in [-0.2, -0.15) is 0 Å². The number of rotatable bonds is 4. The lowest BCUT2D eigenvalue weighted by atomic mass is 10.4. The van der Waals surface area contributed by atoms with Gasteiger partial charge in [0.15, 0.2) is 6.67 Å². The molecule has 1 aliphatic rings. The van der Waals surface area contributed by atoms with Crippen LogP contribution in [-0.4, -0.2) is 24.7 Å². The predicted octanol–water partition coefficient (Wildman–Crippen LogP) is -2.56. The minimum Gasteiger partial charge on any atom is -1.00 e. The monoisotopic (exact) mass is 234 g/mol. The van der Waals surface area contributed by atoms with Crippen molar-refractivity contribution in [3.8, 4) is 0 Å². The maximum Gasteiger partial charge on any atom is 0.156 e. The van der Waals surface area contributed by atoms with Gasteiger partial charge in [0.05, 0.1) is 12.7 Å². The van der Waals surface area contributed by atoms with E-state index in [1.807, 2.05) is 0 Å². The Balaban J connectivity index is 0.00000121. The van der Waals surface area contributed by atoms with Crippen molar-refractivity contribution in [3.05, 3.63) is 12.4 Å². The molecule has 12 heavy (non-hydrogen) atoms. The van der Waals surface area contributed by atoms with Gasteiger partial charge < -0.3 is 21.9 Å². The summed E-state index contributed by atoms with van der Waals surface area (Å²) in [5.74, 6) is 0. The molecule has 1 atom stereocenters. The largest absolute Gasteiger partial charge is 1.00 e. The van der Waals surface area contributed by atoms with Crippen molar-refractivity contribution in [1.29, 1.82) is 0 Å². The van der Waals surface area contributed by atoms with Crippen molar-refractivity contribution in [2.75, 3.05) is 19.8 Å². The molecule has 0 bridgehead atoms. The Morgan fingerprint density at radius 1 is 1.33 bits per heavy atom. The van der Waals surface area contributed by atoms with Gasteiger partial charge in [0.1, 0.15) is 6.20 Å². The van der Waals surface area contributed by atoms with Gasteiger partial charge >= 0.3 is 0 Å². The lowest BCUT2D eigenvalue weighted by molar-refractivity contribution is -0.849. The lowest BCUT2D eigenvalue weighted by Gasteiger charge is -2.15. The second kappa shape index (κ2) is 6.49. The molecule has 1 rings (SSSR count). The van der Waals surface area contributed by atoms with Crippen LogP contribution in [0.1, 0.15) is 26.7 Å². The van der Waals surface area contributed by atoms with Gasteiger partial charge in [-0.3, -0.25) is 4.90 Å². The number of hydrogen-bond acceptors (Lipinski definition) is 1. The van der Waals surface area contributed by atoms with Crippen molar-refractivity contribution in [3.63, 3.8) is 0 Å². The SMILES string of the molecule is CCCN1C=C[NH+](CCC)C1.[Br-]. The molecule has 1 heterocycles. The van der Waals surface area contributed by atoms with Crippen molar-refractivity contribution in [2.24, 2.45) is 0 Å². The molecule has 1 aliphatic heterocycles. The lowest BCUT2D eigenvalue weighted by Crippen LogP contribution is -3.07. The summed E-state index contributed by atoms with van der Waals surface area (Å²) in [6, 6.07) is 0. The second-order valence-corrected chi connectivity index (χ2v) is 3.19. The molecule has 0 radical (unpaired) electrons. The zero-order chi connectivity index (χ0) is 8.10. The van der Waals surface area contributed by atoms with E-state index >= 15 is 0 Å². The number of nitrogens with one attached hydrogen (secondary N) is 1. The molecule has 0 fully saturated rings. The van der Waals surface area contributed by atoms with E-state index < -0.39 is 0 Å². The second-order valence-electron chi connectivity index (χ2n) is 3.19. The Morgan fingerprint density at radius 2 is 2.08 bits per heavy atom. The summed E-state index contributed by atoms with van der Waals surface area (Å²) in [6.45, 7) is 8.14. The average molecular weight is 235 g/mol. The summed E-state index contributed by atoms with van der Waals surface area (Å²) in [5, 5.41) is 0. The van der Waals surface area contributed by atoms with E-state index in [2.05, 4.69) is 31.1 Å². The van der Waals surface area contributed by atoms with E-state index in [9.17, 15) is 0 Å².